The van der Waals surface area contributed by atoms with E-state index in [1.165, 1.54) is 19.6 Å². The van der Waals surface area contributed by atoms with E-state index < -0.39 is 5.97 Å². The number of nitrogen functional groups attached to an aromatic ring is 1. The lowest BCUT2D eigenvalue weighted by Gasteiger charge is -1.99. The Kier molecular flexibility index (Phi) is 2.00. The van der Waals surface area contributed by atoms with Crippen LogP contribution >= 0.6 is 0 Å². The summed E-state index contributed by atoms with van der Waals surface area (Å²) in [5, 5.41) is 0. The van der Waals surface area contributed by atoms with Gasteiger partial charge in [0, 0.05) is 0 Å². The van der Waals surface area contributed by atoms with Crippen LogP contribution in [0.1, 0.15) is 10.5 Å². The van der Waals surface area contributed by atoms with Crippen LogP contribution in [0.5, 0.6) is 0 Å². The summed E-state index contributed by atoms with van der Waals surface area (Å²) in [5.74, 6) is -0.551. The highest BCUT2D eigenvalue weighted by atomic mass is 16.5. The van der Waals surface area contributed by atoms with Crippen LogP contribution in [-0.2, 0) is 4.74 Å². The Balaban J connectivity index is 3.03. The summed E-state index contributed by atoms with van der Waals surface area (Å²) in [6.45, 7) is 0. The lowest BCUT2D eigenvalue weighted by atomic mass is 10.3. The van der Waals surface area contributed by atoms with Gasteiger partial charge in [0.15, 0.2) is 5.69 Å². The fourth-order valence-electron chi connectivity index (χ4n) is 0.608. The zero-order valence-corrected chi connectivity index (χ0v) is 5.94. The van der Waals surface area contributed by atoms with Crippen molar-refractivity contribution in [2.24, 2.45) is 0 Å². The molecule has 0 fully saturated rings. The van der Waals surface area contributed by atoms with Crippen LogP contribution in [0.2, 0.25) is 0 Å². The summed E-state index contributed by atoms with van der Waals surface area (Å²) < 4.78 is 4.41. The van der Waals surface area contributed by atoms with Crippen molar-refractivity contribution in [2.45, 2.75) is 0 Å². The topological polar surface area (TPSA) is 78.1 Å². The van der Waals surface area contributed by atoms with Gasteiger partial charge in [0.2, 0.25) is 0 Å². The highest BCUT2D eigenvalue weighted by molar-refractivity contribution is 5.92. The molecule has 0 unspecified atom stereocenters. The second-order valence-electron chi connectivity index (χ2n) is 1.82. The summed E-state index contributed by atoms with van der Waals surface area (Å²) in [6, 6.07) is 0. The molecule has 5 nitrogen and oxygen atoms in total. The van der Waals surface area contributed by atoms with Crippen LogP contribution in [0.15, 0.2) is 12.5 Å². The number of esters is 1. The monoisotopic (exact) mass is 153 g/mol. The van der Waals surface area contributed by atoms with Crippen molar-refractivity contribution >= 4 is 11.7 Å². The third-order valence-corrected chi connectivity index (χ3v) is 1.12. The van der Waals surface area contributed by atoms with Crippen LogP contribution < -0.4 is 5.73 Å². The quantitative estimate of drug-likeness (QED) is 0.567. The van der Waals surface area contributed by atoms with E-state index in [-0.39, 0.29) is 11.4 Å². The molecule has 0 aromatic carbocycles. The molecule has 1 aromatic rings. The van der Waals surface area contributed by atoms with Gasteiger partial charge in [-0.25, -0.2) is 14.8 Å². The van der Waals surface area contributed by atoms with Crippen LogP contribution in [0.25, 0.3) is 0 Å². The Morgan fingerprint density at radius 3 is 3.00 bits per heavy atom. The summed E-state index contributed by atoms with van der Waals surface area (Å²) >= 11 is 0. The number of carbonyl (C=O) groups is 1. The zero-order chi connectivity index (χ0) is 8.27. The van der Waals surface area contributed by atoms with Gasteiger partial charge in [0.25, 0.3) is 0 Å². The molecular weight excluding hydrogens is 146 g/mol. The molecule has 11 heavy (non-hydrogen) atoms. The number of carbonyl (C=O) groups excluding carboxylic acids is 1. The number of aromatic nitrogens is 2. The minimum Gasteiger partial charge on any atom is -0.464 e. The lowest BCUT2D eigenvalue weighted by Crippen LogP contribution is -2.08. The fraction of sp³-hybridized carbons (Fsp3) is 0.167. The average Bonchev–Trinajstić information content (AvgIpc) is 2.04. The van der Waals surface area contributed by atoms with E-state index in [4.69, 9.17) is 5.73 Å². The number of methoxy groups -OCH3 is 1. The van der Waals surface area contributed by atoms with E-state index in [1.54, 1.807) is 0 Å². The fourth-order valence-corrected chi connectivity index (χ4v) is 0.608. The van der Waals surface area contributed by atoms with Crippen molar-refractivity contribution in [3.8, 4) is 0 Å². The summed E-state index contributed by atoms with van der Waals surface area (Å²) in [7, 11) is 1.27. The Bertz CT molecular complexity index is 274. The molecule has 0 spiro atoms. The first-order valence-corrected chi connectivity index (χ1v) is 2.89. The maximum atomic E-state index is 10.8. The SMILES string of the molecule is COC(=O)c1ncncc1N. The van der Waals surface area contributed by atoms with Crippen LogP contribution in [0, 0.1) is 0 Å². The van der Waals surface area contributed by atoms with E-state index in [0.717, 1.165) is 0 Å². The Hall–Kier alpha value is -1.65. The van der Waals surface area contributed by atoms with Crippen molar-refractivity contribution in [2.75, 3.05) is 12.8 Å². The molecule has 0 amide bonds. The van der Waals surface area contributed by atoms with Gasteiger partial charge >= 0.3 is 5.97 Å². The predicted molar refractivity (Wildman–Crippen MR) is 37.8 cm³/mol. The van der Waals surface area contributed by atoms with Gasteiger partial charge in [-0.1, -0.05) is 0 Å². The number of hydrogen-bond acceptors (Lipinski definition) is 5. The number of nitrogens with zero attached hydrogens (tertiary/aromatic N) is 2. The first kappa shape index (κ1) is 7.46. The first-order chi connectivity index (χ1) is 5.25. The molecule has 1 rings (SSSR count). The van der Waals surface area contributed by atoms with Crippen LogP contribution in [0.3, 0.4) is 0 Å². The van der Waals surface area contributed by atoms with Gasteiger partial charge < -0.3 is 10.5 Å². The average molecular weight is 153 g/mol. The van der Waals surface area contributed by atoms with Crippen molar-refractivity contribution in [1.82, 2.24) is 9.97 Å². The molecule has 1 heterocycles. The molecule has 0 aliphatic rings. The molecular formula is C6H7N3O2. The lowest BCUT2D eigenvalue weighted by molar-refractivity contribution is 0.0595. The van der Waals surface area contributed by atoms with Crippen LogP contribution in [0.4, 0.5) is 5.69 Å². The summed E-state index contributed by atoms with van der Waals surface area (Å²) in [6.07, 6.45) is 2.59. The van der Waals surface area contributed by atoms with Gasteiger partial charge in [-0.2, -0.15) is 0 Å². The van der Waals surface area contributed by atoms with Gasteiger partial charge in [0.05, 0.1) is 19.0 Å². The maximum Gasteiger partial charge on any atom is 0.358 e. The van der Waals surface area contributed by atoms with Gasteiger partial charge in [-0.05, 0) is 0 Å². The second kappa shape index (κ2) is 2.96. The number of anilines is 1. The smallest absolute Gasteiger partial charge is 0.358 e. The van der Waals surface area contributed by atoms with Gasteiger partial charge in [-0.15, -0.1) is 0 Å². The molecule has 0 saturated carbocycles. The van der Waals surface area contributed by atoms with Crippen LogP contribution in [-0.4, -0.2) is 23.0 Å². The maximum absolute atomic E-state index is 10.8. The van der Waals surface area contributed by atoms with Crippen molar-refractivity contribution in [3.05, 3.63) is 18.2 Å². The normalized spacial score (nSPS) is 9.18. The molecule has 58 valence electrons. The molecule has 0 radical (unpaired) electrons. The minimum absolute atomic E-state index is 0.0995. The highest BCUT2D eigenvalue weighted by Crippen LogP contribution is 2.05. The predicted octanol–water partition coefficient (Wildman–Crippen LogP) is -0.155. The Morgan fingerprint density at radius 2 is 2.45 bits per heavy atom. The number of ether oxygens (including phenoxy) is 1. The molecule has 2 N–H and O–H groups in total. The van der Waals surface area contributed by atoms with E-state index in [1.807, 2.05) is 0 Å². The largest absolute Gasteiger partial charge is 0.464 e. The molecule has 1 aromatic heterocycles. The molecule has 0 aliphatic heterocycles. The molecule has 0 aliphatic carbocycles. The molecule has 0 bridgehead atoms. The number of hydrogen-bond donors (Lipinski definition) is 1. The Morgan fingerprint density at radius 1 is 1.73 bits per heavy atom. The summed E-state index contributed by atoms with van der Waals surface area (Å²) in [5.41, 5.74) is 5.69. The van der Waals surface area contributed by atoms with Gasteiger partial charge in [0.1, 0.15) is 6.33 Å². The molecule has 0 saturated heterocycles. The summed E-state index contributed by atoms with van der Waals surface area (Å²) in [4.78, 5) is 18.1. The third-order valence-electron chi connectivity index (χ3n) is 1.12. The van der Waals surface area contributed by atoms with Crippen molar-refractivity contribution in [1.29, 1.82) is 0 Å². The van der Waals surface area contributed by atoms with E-state index in [9.17, 15) is 4.79 Å². The number of rotatable bonds is 1. The minimum atomic E-state index is -0.551. The zero-order valence-electron chi connectivity index (χ0n) is 5.94. The van der Waals surface area contributed by atoms with E-state index >= 15 is 0 Å². The van der Waals surface area contributed by atoms with Gasteiger partial charge in [-0.3, -0.25) is 0 Å². The third kappa shape index (κ3) is 1.43. The van der Waals surface area contributed by atoms with Crippen molar-refractivity contribution in [3.63, 3.8) is 0 Å². The highest BCUT2D eigenvalue weighted by Gasteiger charge is 2.09. The van der Waals surface area contributed by atoms with E-state index in [0.29, 0.717) is 0 Å². The standard InChI is InChI=1S/C6H7N3O2/c1-11-6(10)5-4(7)2-8-3-9-5/h2-3H,7H2,1H3. The first-order valence-electron chi connectivity index (χ1n) is 2.89. The number of nitrogens with two attached hydrogens (primary N) is 1. The van der Waals surface area contributed by atoms with E-state index in [2.05, 4.69) is 14.7 Å². The molecule has 0 atom stereocenters. The Labute approximate surface area is 63.2 Å². The van der Waals surface area contributed by atoms with Crippen molar-refractivity contribution < 1.29 is 9.53 Å². The molecule has 5 heteroatoms. The second-order valence-corrected chi connectivity index (χ2v) is 1.82.